The van der Waals surface area contributed by atoms with Crippen molar-refractivity contribution in [2.24, 2.45) is 11.0 Å². The van der Waals surface area contributed by atoms with E-state index in [4.69, 9.17) is 5.11 Å². The zero-order valence-corrected chi connectivity index (χ0v) is 17.0. The summed E-state index contributed by atoms with van der Waals surface area (Å²) in [7, 11) is 0. The minimum atomic E-state index is -0.434. The molecule has 1 fully saturated rings. The van der Waals surface area contributed by atoms with Gasteiger partial charge in [0.15, 0.2) is 0 Å². The highest BCUT2D eigenvalue weighted by atomic mass is 16.3. The summed E-state index contributed by atoms with van der Waals surface area (Å²) >= 11 is 0. The van der Waals surface area contributed by atoms with E-state index in [9.17, 15) is 14.4 Å². The molecule has 162 valence electrons. The summed E-state index contributed by atoms with van der Waals surface area (Å²) in [5.41, 5.74) is 5.55. The Morgan fingerprint density at radius 3 is 2.78 bits per heavy atom. The number of carbonyl (C=O) groups is 3. The number of aliphatic hydroxyl groups is 1. The summed E-state index contributed by atoms with van der Waals surface area (Å²) < 4.78 is 0. The Morgan fingerprint density at radius 2 is 2.00 bits per heavy atom. The predicted octanol–water partition coefficient (Wildman–Crippen LogP) is 1.71. The van der Waals surface area contributed by atoms with Gasteiger partial charge in [0.05, 0.1) is 18.4 Å². The number of H-pyrrole nitrogens is 1. The number of nitrogens with zero attached hydrogens (tertiary/aromatic N) is 1. The summed E-state index contributed by atoms with van der Waals surface area (Å²) in [6, 6.07) is 13.2. The van der Waals surface area contributed by atoms with Crippen LogP contribution in [0.15, 0.2) is 47.6 Å². The van der Waals surface area contributed by atoms with E-state index in [1.807, 2.05) is 30.3 Å². The lowest BCUT2D eigenvalue weighted by Crippen LogP contribution is -2.27. The first-order chi connectivity index (χ1) is 15.6. The molecule has 0 spiro atoms. The Morgan fingerprint density at radius 1 is 1.19 bits per heavy atom. The zero-order chi connectivity index (χ0) is 22.2. The van der Waals surface area contributed by atoms with Crippen LogP contribution < -0.4 is 16.1 Å². The van der Waals surface area contributed by atoms with Gasteiger partial charge in [-0.3, -0.25) is 14.4 Å². The van der Waals surface area contributed by atoms with Gasteiger partial charge in [0.25, 0.3) is 11.8 Å². The molecule has 9 heteroatoms. The van der Waals surface area contributed by atoms with Crippen LogP contribution in [0.25, 0.3) is 10.9 Å². The Kier molecular flexibility index (Phi) is 4.95. The van der Waals surface area contributed by atoms with Crippen LogP contribution in [0.5, 0.6) is 0 Å². The molecule has 2 aromatic carbocycles. The first kappa shape index (κ1) is 20.0. The highest BCUT2D eigenvalue weighted by Gasteiger charge is 2.43. The van der Waals surface area contributed by atoms with E-state index in [1.165, 1.54) is 6.21 Å². The standard InChI is InChI=1S/C23H21N5O4/c29-7-6-24-23(32)20-17-11-25-28-22(31)16-8-13(9-18(27-20)19(16)17)26-21(30)15-10-14(15)12-4-2-1-3-5-12/h1-5,8-9,11,14-15,27,29H,6-7,10H2,(H,24,32)(H,26,30)(H,28,31). The van der Waals surface area contributed by atoms with Gasteiger partial charge in [0, 0.05) is 34.6 Å². The molecule has 2 aliphatic rings. The molecular formula is C23H21N5O4. The van der Waals surface area contributed by atoms with E-state index < -0.39 is 11.8 Å². The molecule has 3 amide bonds. The SMILES string of the molecule is O=C(NCCO)c1[nH]c2cc(NC(=O)C3CC3c3ccccc3)cc3c2c1C=NNC3=O. The van der Waals surface area contributed by atoms with E-state index in [2.05, 4.69) is 26.1 Å². The van der Waals surface area contributed by atoms with Crippen LogP contribution in [0.1, 0.15) is 44.3 Å². The van der Waals surface area contributed by atoms with Crippen molar-refractivity contribution in [1.82, 2.24) is 15.7 Å². The van der Waals surface area contributed by atoms with Gasteiger partial charge in [-0.05, 0) is 30.0 Å². The van der Waals surface area contributed by atoms with Gasteiger partial charge in [-0.15, -0.1) is 0 Å². The lowest BCUT2D eigenvalue weighted by molar-refractivity contribution is -0.117. The number of aliphatic hydroxyl groups excluding tert-OH is 1. The van der Waals surface area contributed by atoms with Crippen LogP contribution in [-0.2, 0) is 4.79 Å². The van der Waals surface area contributed by atoms with Crippen molar-refractivity contribution in [1.29, 1.82) is 0 Å². The molecule has 5 rings (SSSR count). The van der Waals surface area contributed by atoms with Gasteiger partial charge < -0.3 is 20.7 Å². The number of aromatic nitrogens is 1. The molecule has 1 aliphatic heterocycles. The number of rotatable bonds is 6. The third-order valence-corrected chi connectivity index (χ3v) is 5.79. The summed E-state index contributed by atoms with van der Waals surface area (Å²) in [5.74, 6) is -0.897. The van der Waals surface area contributed by atoms with Crippen molar-refractivity contribution >= 4 is 40.5 Å². The molecule has 9 nitrogen and oxygen atoms in total. The second-order valence-electron chi connectivity index (χ2n) is 7.89. The van der Waals surface area contributed by atoms with Crippen LogP contribution in [0.4, 0.5) is 5.69 Å². The topological polar surface area (TPSA) is 136 Å². The minimum absolute atomic E-state index is 0.0973. The molecule has 2 atom stereocenters. The van der Waals surface area contributed by atoms with Crippen molar-refractivity contribution in [3.8, 4) is 0 Å². The summed E-state index contributed by atoms with van der Waals surface area (Å²) in [6.07, 6.45) is 2.19. The number of nitrogens with one attached hydrogen (secondary N) is 4. The number of hydrogen-bond acceptors (Lipinski definition) is 5. The normalized spacial score (nSPS) is 18.7. The zero-order valence-electron chi connectivity index (χ0n) is 17.0. The quantitative estimate of drug-likeness (QED) is 0.406. The smallest absolute Gasteiger partial charge is 0.272 e. The van der Waals surface area contributed by atoms with Crippen LogP contribution in [0.2, 0.25) is 0 Å². The fraction of sp³-hybridized carbons (Fsp3) is 0.217. The first-order valence-electron chi connectivity index (χ1n) is 10.3. The van der Waals surface area contributed by atoms with E-state index in [-0.39, 0.29) is 36.6 Å². The van der Waals surface area contributed by atoms with Gasteiger partial charge in [-0.1, -0.05) is 30.3 Å². The molecule has 1 aromatic heterocycles. The number of aromatic amines is 1. The molecule has 0 saturated heterocycles. The summed E-state index contributed by atoms with van der Waals surface area (Å²) in [5, 5.41) is 18.9. The van der Waals surface area contributed by atoms with Crippen LogP contribution in [0, 0.1) is 5.92 Å². The Balaban J connectivity index is 1.45. The predicted molar refractivity (Wildman–Crippen MR) is 119 cm³/mol. The lowest BCUT2D eigenvalue weighted by Gasteiger charge is -2.08. The Bertz CT molecular complexity index is 1260. The van der Waals surface area contributed by atoms with Gasteiger partial charge >= 0.3 is 0 Å². The Hall–Kier alpha value is -3.98. The van der Waals surface area contributed by atoms with Crippen molar-refractivity contribution in [2.75, 3.05) is 18.5 Å². The van der Waals surface area contributed by atoms with Gasteiger partial charge in [0.1, 0.15) is 5.69 Å². The second kappa shape index (κ2) is 7.93. The van der Waals surface area contributed by atoms with Crippen LogP contribution in [0.3, 0.4) is 0 Å². The molecule has 2 heterocycles. The van der Waals surface area contributed by atoms with Crippen molar-refractivity contribution < 1.29 is 19.5 Å². The molecule has 1 saturated carbocycles. The number of benzene rings is 2. The lowest BCUT2D eigenvalue weighted by atomic mass is 10.0. The highest BCUT2D eigenvalue weighted by Crippen LogP contribution is 2.48. The Labute approximate surface area is 182 Å². The summed E-state index contributed by atoms with van der Waals surface area (Å²) in [6.45, 7) is -0.0951. The number of anilines is 1. The van der Waals surface area contributed by atoms with Crippen LogP contribution in [-0.4, -0.2) is 47.2 Å². The van der Waals surface area contributed by atoms with Crippen molar-refractivity contribution in [2.45, 2.75) is 12.3 Å². The minimum Gasteiger partial charge on any atom is -0.395 e. The van der Waals surface area contributed by atoms with E-state index >= 15 is 0 Å². The molecule has 0 radical (unpaired) electrons. The fourth-order valence-electron chi connectivity index (χ4n) is 4.18. The number of amides is 3. The van der Waals surface area contributed by atoms with Gasteiger partial charge in [-0.2, -0.15) is 5.10 Å². The molecule has 1 aliphatic carbocycles. The summed E-state index contributed by atoms with van der Waals surface area (Å²) in [4.78, 5) is 41.0. The number of hydrazone groups is 1. The maximum Gasteiger partial charge on any atom is 0.272 e. The van der Waals surface area contributed by atoms with E-state index in [0.717, 1.165) is 12.0 Å². The average Bonchev–Trinajstić information content (AvgIpc) is 3.55. The first-order valence-corrected chi connectivity index (χ1v) is 10.3. The third kappa shape index (κ3) is 3.52. The monoisotopic (exact) mass is 431 g/mol. The van der Waals surface area contributed by atoms with Gasteiger partial charge in [-0.25, -0.2) is 5.43 Å². The van der Waals surface area contributed by atoms with Crippen molar-refractivity contribution in [3.63, 3.8) is 0 Å². The highest BCUT2D eigenvalue weighted by molar-refractivity contribution is 6.19. The average molecular weight is 431 g/mol. The number of carbonyl (C=O) groups excluding carboxylic acids is 3. The molecule has 0 bridgehead atoms. The largest absolute Gasteiger partial charge is 0.395 e. The molecule has 32 heavy (non-hydrogen) atoms. The third-order valence-electron chi connectivity index (χ3n) is 5.79. The van der Waals surface area contributed by atoms with Gasteiger partial charge in [0.2, 0.25) is 5.91 Å². The van der Waals surface area contributed by atoms with Crippen molar-refractivity contribution in [3.05, 3.63) is 64.8 Å². The van der Waals surface area contributed by atoms with E-state index in [0.29, 0.717) is 27.7 Å². The maximum atomic E-state index is 12.8. The van der Waals surface area contributed by atoms with Crippen LogP contribution >= 0.6 is 0 Å². The molecule has 5 N–H and O–H groups in total. The van der Waals surface area contributed by atoms with E-state index in [1.54, 1.807) is 12.1 Å². The molecule has 3 aromatic rings. The molecule has 2 unspecified atom stereocenters. The second-order valence-corrected chi connectivity index (χ2v) is 7.89. The number of hydrogen-bond donors (Lipinski definition) is 5. The fourth-order valence-corrected chi connectivity index (χ4v) is 4.18. The maximum absolute atomic E-state index is 12.8. The molecular weight excluding hydrogens is 410 g/mol.